The van der Waals surface area contributed by atoms with Gasteiger partial charge in [-0.15, -0.1) is 5.10 Å². The number of nitrogens with one attached hydrogen (secondary N) is 3. The lowest BCUT2D eigenvalue weighted by Crippen LogP contribution is -2.40. The van der Waals surface area contributed by atoms with Gasteiger partial charge in [0.05, 0.1) is 26.8 Å². The molecule has 3 N–H and O–H groups in total. The minimum atomic E-state index is -0.951. The number of carbonyl (C=O) groups excluding carboxylic acids is 2. The molecule has 0 atom stereocenters. The van der Waals surface area contributed by atoms with Crippen molar-refractivity contribution in [2.24, 2.45) is 0 Å². The van der Waals surface area contributed by atoms with Crippen molar-refractivity contribution < 1.29 is 23.5 Å². The fraction of sp³-hybridized carbons (Fsp3) is 0.320. The van der Waals surface area contributed by atoms with Gasteiger partial charge in [0, 0.05) is 6.07 Å². The summed E-state index contributed by atoms with van der Waals surface area (Å²) in [6, 6.07) is 5.27. The Balaban J connectivity index is 1.46. The second-order valence-corrected chi connectivity index (χ2v) is 11.0. The van der Waals surface area contributed by atoms with Crippen LogP contribution in [0.5, 0.6) is 11.5 Å². The number of halogens is 3. The number of aromatic nitrogens is 3. The Labute approximate surface area is 230 Å². The SMILES string of the molecule is CC(C)(C)OC(=O)Nc1nn(-c2cc(Cl)c(Oc3cc(F)c4c(c3)C3(CCC3)C(=O)N4)c(Cl)c2)c(=O)[nH]c1=O. The van der Waals surface area contributed by atoms with Gasteiger partial charge in [-0.3, -0.25) is 19.9 Å². The minimum absolute atomic E-state index is 0.0362. The first-order chi connectivity index (χ1) is 18.3. The lowest BCUT2D eigenvalue weighted by atomic mass is 9.65. The Hall–Kier alpha value is -3.90. The Kier molecular flexibility index (Phi) is 6.42. The molecule has 2 heterocycles. The smallest absolute Gasteiger partial charge is 0.413 e. The maximum atomic E-state index is 14.8. The first kappa shape index (κ1) is 26.7. The molecule has 204 valence electrons. The van der Waals surface area contributed by atoms with E-state index in [-0.39, 0.29) is 38.8 Å². The molecular weight excluding hydrogens is 556 g/mol. The molecule has 1 saturated carbocycles. The van der Waals surface area contributed by atoms with E-state index in [4.69, 9.17) is 32.7 Å². The highest BCUT2D eigenvalue weighted by atomic mass is 35.5. The average Bonchev–Trinajstić information content (AvgIpc) is 3.09. The third-order valence-electron chi connectivity index (χ3n) is 6.35. The van der Waals surface area contributed by atoms with E-state index in [0.717, 1.165) is 17.2 Å². The van der Waals surface area contributed by atoms with Crippen molar-refractivity contribution in [2.75, 3.05) is 10.6 Å². The summed E-state index contributed by atoms with van der Waals surface area (Å²) in [7, 11) is 0. The van der Waals surface area contributed by atoms with E-state index in [1.165, 1.54) is 12.1 Å². The molecule has 0 bridgehead atoms. The maximum absolute atomic E-state index is 14.8. The molecule has 11 nitrogen and oxygen atoms in total. The van der Waals surface area contributed by atoms with Crippen molar-refractivity contribution in [1.82, 2.24) is 14.8 Å². The average molecular weight is 578 g/mol. The number of hydrogen-bond donors (Lipinski definition) is 3. The number of fused-ring (bicyclic) bond motifs is 2. The summed E-state index contributed by atoms with van der Waals surface area (Å²) < 4.78 is 26.5. The fourth-order valence-corrected chi connectivity index (χ4v) is 5.02. The number of H-pyrrole nitrogens is 1. The maximum Gasteiger partial charge on any atom is 0.413 e. The van der Waals surface area contributed by atoms with E-state index in [1.54, 1.807) is 26.8 Å². The fourth-order valence-electron chi connectivity index (χ4n) is 4.47. The van der Waals surface area contributed by atoms with Crippen molar-refractivity contribution in [1.29, 1.82) is 0 Å². The third-order valence-corrected chi connectivity index (χ3v) is 6.92. The second-order valence-electron chi connectivity index (χ2n) is 10.2. The van der Waals surface area contributed by atoms with Crippen LogP contribution in [0.2, 0.25) is 10.0 Å². The summed E-state index contributed by atoms with van der Waals surface area (Å²) in [5, 5.41) is 8.58. The van der Waals surface area contributed by atoms with Crippen LogP contribution in [0.15, 0.2) is 33.9 Å². The van der Waals surface area contributed by atoms with E-state index in [0.29, 0.717) is 18.4 Å². The van der Waals surface area contributed by atoms with Gasteiger partial charge in [-0.25, -0.2) is 14.0 Å². The molecule has 0 unspecified atom stereocenters. The van der Waals surface area contributed by atoms with Gasteiger partial charge in [0.25, 0.3) is 5.56 Å². The predicted molar refractivity (Wildman–Crippen MR) is 141 cm³/mol. The summed E-state index contributed by atoms with van der Waals surface area (Å²) in [6.07, 6.45) is 1.12. The number of anilines is 2. The molecule has 1 aliphatic carbocycles. The van der Waals surface area contributed by atoms with Crippen LogP contribution in [0, 0.1) is 5.82 Å². The van der Waals surface area contributed by atoms with Crippen LogP contribution in [0.25, 0.3) is 5.69 Å². The van der Waals surface area contributed by atoms with Gasteiger partial charge < -0.3 is 14.8 Å². The van der Waals surface area contributed by atoms with Crippen LogP contribution in [0.4, 0.5) is 20.7 Å². The molecule has 39 heavy (non-hydrogen) atoms. The highest BCUT2D eigenvalue weighted by Gasteiger charge is 2.52. The van der Waals surface area contributed by atoms with Crippen LogP contribution in [-0.4, -0.2) is 32.4 Å². The van der Waals surface area contributed by atoms with Gasteiger partial charge in [0.15, 0.2) is 11.6 Å². The molecule has 1 aromatic heterocycles. The number of amides is 2. The topological polar surface area (TPSA) is 144 Å². The zero-order valence-corrected chi connectivity index (χ0v) is 22.4. The van der Waals surface area contributed by atoms with Crippen LogP contribution in [0.3, 0.4) is 0 Å². The molecule has 5 rings (SSSR count). The van der Waals surface area contributed by atoms with Crippen LogP contribution >= 0.6 is 23.2 Å². The molecular formula is C25H22Cl2FN5O6. The minimum Gasteiger partial charge on any atom is -0.454 e. The van der Waals surface area contributed by atoms with Crippen LogP contribution in [0.1, 0.15) is 45.6 Å². The van der Waals surface area contributed by atoms with Crippen molar-refractivity contribution in [3.63, 3.8) is 0 Å². The van der Waals surface area contributed by atoms with E-state index >= 15 is 0 Å². The molecule has 1 spiro atoms. The molecule has 3 aromatic rings. The molecule has 1 fully saturated rings. The van der Waals surface area contributed by atoms with Crippen molar-refractivity contribution in [3.05, 3.63) is 66.5 Å². The predicted octanol–water partition coefficient (Wildman–Crippen LogP) is 4.88. The number of ether oxygens (including phenoxy) is 2. The van der Waals surface area contributed by atoms with Gasteiger partial charge in [-0.1, -0.05) is 29.6 Å². The monoisotopic (exact) mass is 577 g/mol. The van der Waals surface area contributed by atoms with Gasteiger partial charge in [0.2, 0.25) is 11.7 Å². The standard InChI is InChI=1S/C25H22Cl2FN5O6/c1-24(2,3)39-23(37)30-19-20(34)31-22(36)33(32-19)11-7-14(26)18(15(27)8-11)38-12-9-13-17(16(28)10-12)29-21(35)25(13)5-4-6-25/h7-10H,4-6H2,1-3H3,(H,29,35)(H,30,32,37)(H,31,34,36). The third kappa shape index (κ3) is 4.85. The molecule has 0 saturated heterocycles. The normalized spacial score (nSPS) is 15.4. The lowest BCUT2D eigenvalue weighted by Gasteiger charge is -2.36. The summed E-state index contributed by atoms with van der Waals surface area (Å²) in [4.78, 5) is 51.3. The first-order valence-corrected chi connectivity index (χ1v) is 12.6. The molecule has 14 heteroatoms. The number of aromatic amines is 1. The van der Waals surface area contributed by atoms with E-state index in [2.05, 4.69) is 15.7 Å². The Morgan fingerprint density at radius 1 is 1.13 bits per heavy atom. The Morgan fingerprint density at radius 2 is 1.79 bits per heavy atom. The molecule has 2 aliphatic rings. The van der Waals surface area contributed by atoms with E-state index < -0.39 is 40.0 Å². The largest absolute Gasteiger partial charge is 0.454 e. The van der Waals surface area contributed by atoms with E-state index in [9.17, 15) is 23.6 Å². The zero-order chi connectivity index (χ0) is 28.3. The second kappa shape index (κ2) is 9.38. The molecule has 2 amide bonds. The van der Waals surface area contributed by atoms with Crippen molar-refractivity contribution >= 4 is 46.7 Å². The number of rotatable bonds is 4. The van der Waals surface area contributed by atoms with Gasteiger partial charge in [-0.05, 0) is 57.4 Å². The van der Waals surface area contributed by atoms with Gasteiger partial charge in [-0.2, -0.15) is 4.68 Å². The zero-order valence-electron chi connectivity index (χ0n) is 20.9. The van der Waals surface area contributed by atoms with E-state index in [1.807, 2.05) is 4.98 Å². The Bertz CT molecular complexity index is 1640. The van der Waals surface area contributed by atoms with Crippen LogP contribution in [-0.2, 0) is 14.9 Å². The number of hydrogen-bond acceptors (Lipinski definition) is 7. The first-order valence-electron chi connectivity index (χ1n) is 11.8. The summed E-state index contributed by atoms with van der Waals surface area (Å²) >= 11 is 12.8. The summed E-state index contributed by atoms with van der Waals surface area (Å²) in [5.41, 5.74) is -2.79. The lowest BCUT2D eigenvalue weighted by molar-refractivity contribution is -0.123. The molecule has 1 aliphatic heterocycles. The quantitative estimate of drug-likeness (QED) is 0.400. The molecule has 0 radical (unpaired) electrons. The highest BCUT2D eigenvalue weighted by molar-refractivity contribution is 6.37. The molecule has 2 aromatic carbocycles. The summed E-state index contributed by atoms with van der Waals surface area (Å²) in [5.74, 6) is -1.35. The number of carbonyl (C=O) groups is 2. The van der Waals surface area contributed by atoms with Gasteiger partial charge in [0.1, 0.15) is 11.4 Å². The number of benzene rings is 2. The summed E-state index contributed by atoms with van der Waals surface area (Å²) in [6.45, 7) is 4.91. The van der Waals surface area contributed by atoms with Crippen molar-refractivity contribution in [2.45, 2.75) is 51.0 Å². The van der Waals surface area contributed by atoms with Gasteiger partial charge >= 0.3 is 11.8 Å². The van der Waals surface area contributed by atoms with Crippen molar-refractivity contribution in [3.8, 4) is 17.2 Å². The highest BCUT2D eigenvalue weighted by Crippen LogP contribution is 2.53. The number of nitrogens with zero attached hydrogens (tertiary/aromatic N) is 2. The van der Waals surface area contributed by atoms with Crippen LogP contribution < -0.4 is 26.6 Å². The Morgan fingerprint density at radius 3 is 2.38 bits per heavy atom.